The highest BCUT2D eigenvalue weighted by atomic mass is 16.3. The van der Waals surface area contributed by atoms with Crippen LogP contribution >= 0.6 is 0 Å². The van der Waals surface area contributed by atoms with Gasteiger partial charge in [-0.3, -0.25) is 20.2 Å². The number of carbonyl (C=O) groups excluding carboxylic acids is 2. The molecule has 4 rings (SSSR count). The number of phenols is 2. The summed E-state index contributed by atoms with van der Waals surface area (Å²) in [5.74, 6) is 0.341. The SMILES string of the molecule is Cc1cc(C(=O)Nc2nnnn2C)cc(C)c1O.Cn1nnnc1NC(=O)c1cc(C(C)(C)C)c(O)c(C(C)(C)C)c1. The molecule has 0 saturated heterocycles. The van der Waals surface area contributed by atoms with Gasteiger partial charge in [-0.15, -0.1) is 0 Å². The average Bonchev–Trinajstić information content (AvgIpc) is 3.48. The van der Waals surface area contributed by atoms with Crippen LogP contribution in [0.3, 0.4) is 0 Å². The lowest BCUT2D eigenvalue weighted by Crippen LogP contribution is -2.21. The Morgan fingerprint density at radius 2 is 1.02 bits per heavy atom. The standard InChI is InChI=1S/C17H25N5O2.C11H13N5O2/c1-16(2,3)11-8-10(9-12(13(11)23)17(4,5)6)14(24)18-15-19-20-21-22(15)7;1-6-4-8(5-7(2)9(6)17)10(18)12-11-13-14-15-16(11)3/h8-9,23H,1-7H3,(H,18,19,21,24);4-5,17H,1-3H3,(H,12,13,15,18). The lowest BCUT2D eigenvalue weighted by molar-refractivity contribution is 0.101. The second kappa shape index (κ2) is 11.9. The lowest BCUT2D eigenvalue weighted by atomic mass is 9.78. The average molecular weight is 579 g/mol. The quantitative estimate of drug-likeness (QED) is 0.279. The van der Waals surface area contributed by atoms with Crippen molar-refractivity contribution in [3.05, 3.63) is 57.6 Å². The van der Waals surface area contributed by atoms with Crippen molar-refractivity contribution < 1.29 is 19.8 Å². The number of hydrogen-bond acceptors (Lipinski definition) is 10. The number of amides is 2. The number of rotatable bonds is 4. The van der Waals surface area contributed by atoms with Crippen molar-refractivity contribution >= 4 is 23.7 Å². The number of phenolic OH excluding ortho intramolecular Hbond substituents is 2. The van der Waals surface area contributed by atoms with Gasteiger partial charge in [-0.25, -0.2) is 9.36 Å². The van der Waals surface area contributed by atoms with Gasteiger partial charge >= 0.3 is 0 Å². The highest BCUT2D eigenvalue weighted by Gasteiger charge is 2.28. The van der Waals surface area contributed by atoms with Crippen LogP contribution in [0.5, 0.6) is 11.5 Å². The Bertz CT molecular complexity index is 1550. The zero-order valence-corrected chi connectivity index (χ0v) is 25.6. The van der Waals surface area contributed by atoms with Crippen LogP contribution in [0, 0.1) is 13.8 Å². The molecule has 2 amide bonds. The van der Waals surface area contributed by atoms with Crippen molar-refractivity contribution in [1.82, 2.24) is 40.4 Å². The normalized spacial score (nSPS) is 11.5. The number of tetrazole rings is 2. The first-order valence-electron chi connectivity index (χ1n) is 13.2. The van der Waals surface area contributed by atoms with E-state index in [1.165, 1.54) is 9.36 Å². The maximum Gasteiger partial charge on any atom is 0.258 e. The first kappa shape index (κ1) is 31.6. The second-order valence-electron chi connectivity index (χ2n) is 12.0. The van der Waals surface area contributed by atoms with Crippen molar-refractivity contribution in [2.75, 3.05) is 10.6 Å². The van der Waals surface area contributed by atoms with E-state index in [1.54, 1.807) is 52.2 Å². The van der Waals surface area contributed by atoms with E-state index in [4.69, 9.17) is 0 Å². The summed E-state index contributed by atoms with van der Waals surface area (Å²) in [6.45, 7) is 15.5. The first-order chi connectivity index (χ1) is 19.4. The Kier molecular flexibility index (Phi) is 8.99. The summed E-state index contributed by atoms with van der Waals surface area (Å²) in [4.78, 5) is 24.6. The number of aryl methyl sites for hydroxylation is 4. The molecule has 0 bridgehead atoms. The third kappa shape index (κ3) is 7.25. The van der Waals surface area contributed by atoms with Crippen LogP contribution in [-0.2, 0) is 24.9 Å². The highest BCUT2D eigenvalue weighted by Crippen LogP contribution is 2.39. The predicted molar refractivity (Wildman–Crippen MR) is 157 cm³/mol. The molecule has 4 N–H and O–H groups in total. The molecule has 0 spiro atoms. The van der Waals surface area contributed by atoms with Crippen molar-refractivity contribution in [3.8, 4) is 11.5 Å². The van der Waals surface area contributed by atoms with Gasteiger partial charge in [0.25, 0.3) is 11.8 Å². The Morgan fingerprint density at radius 3 is 1.33 bits per heavy atom. The zero-order chi connectivity index (χ0) is 31.6. The maximum absolute atomic E-state index is 12.6. The number of hydrogen-bond donors (Lipinski definition) is 4. The molecule has 42 heavy (non-hydrogen) atoms. The van der Waals surface area contributed by atoms with E-state index in [9.17, 15) is 19.8 Å². The number of nitrogens with zero attached hydrogens (tertiary/aromatic N) is 8. The molecule has 2 aromatic heterocycles. The van der Waals surface area contributed by atoms with Gasteiger partial charge in [0.15, 0.2) is 0 Å². The molecule has 2 heterocycles. The summed E-state index contributed by atoms with van der Waals surface area (Å²) in [5.41, 5.74) is 3.08. The highest BCUT2D eigenvalue weighted by molar-refractivity contribution is 6.04. The largest absolute Gasteiger partial charge is 0.507 e. The van der Waals surface area contributed by atoms with Gasteiger partial charge in [0, 0.05) is 36.3 Å². The van der Waals surface area contributed by atoms with Crippen LogP contribution in [-0.4, -0.2) is 62.4 Å². The van der Waals surface area contributed by atoms with Crippen molar-refractivity contribution in [2.45, 2.75) is 66.2 Å². The number of aromatic hydroxyl groups is 2. The van der Waals surface area contributed by atoms with Crippen LogP contribution in [0.2, 0.25) is 0 Å². The summed E-state index contributed by atoms with van der Waals surface area (Å²) in [5, 5.41) is 47.3. The van der Waals surface area contributed by atoms with E-state index < -0.39 is 0 Å². The van der Waals surface area contributed by atoms with Gasteiger partial charge in [0.1, 0.15) is 11.5 Å². The number of benzene rings is 2. The number of anilines is 2. The molecule has 0 unspecified atom stereocenters. The number of carbonyl (C=O) groups is 2. The minimum absolute atomic E-state index is 0.201. The van der Waals surface area contributed by atoms with E-state index in [0.717, 1.165) is 11.1 Å². The zero-order valence-electron chi connectivity index (χ0n) is 25.6. The molecule has 0 aliphatic carbocycles. The van der Waals surface area contributed by atoms with Gasteiger partial charge in [0.2, 0.25) is 11.9 Å². The molecule has 0 atom stereocenters. The van der Waals surface area contributed by atoms with Crippen LogP contribution in [0.1, 0.15) is 84.5 Å². The van der Waals surface area contributed by atoms with Gasteiger partial charge in [-0.05, 0) is 80.9 Å². The van der Waals surface area contributed by atoms with Gasteiger partial charge in [0.05, 0.1) is 0 Å². The lowest BCUT2D eigenvalue weighted by Gasteiger charge is -2.28. The third-order valence-electron chi connectivity index (χ3n) is 6.43. The fraction of sp³-hybridized carbons (Fsp3) is 0.429. The minimum Gasteiger partial charge on any atom is -0.507 e. The Labute approximate surface area is 244 Å². The number of nitrogens with one attached hydrogen (secondary N) is 2. The van der Waals surface area contributed by atoms with Gasteiger partial charge in [-0.1, -0.05) is 51.7 Å². The summed E-state index contributed by atoms with van der Waals surface area (Å²) < 4.78 is 2.74. The topological polar surface area (TPSA) is 186 Å². The summed E-state index contributed by atoms with van der Waals surface area (Å²) in [6.07, 6.45) is 0. The van der Waals surface area contributed by atoms with Crippen LogP contribution in [0.4, 0.5) is 11.9 Å². The smallest absolute Gasteiger partial charge is 0.258 e. The van der Waals surface area contributed by atoms with E-state index >= 15 is 0 Å². The monoisotopic (exact) mass is 578 g/mol. The van der Waals surface area contributed by atoms with E-state index in [-0.39, 0.29) is 46.0 Å². The third-order valence-corrected chi connectivity index (χ3v) is 6.43. The summed E-state index contributed by atoms with van der Waals surface area (Å²) in [7, 11) is 3.27. The molecule has 0 fully saturated rings. The maximum atomic E-state index is 12.6. The van der Waals surface area contributed by atoms with E-state index in [0.29, 0.717) is 22.3 Å². The Balaban J connectivity index is 0.000000240. The molecule has 4 aromatic rings. The Hall–Kier alpha value is -4.88. The summed E-state index contributed by atoms with van der Waals surface area (Å²) in [6, 6.07) is 6.68. The number of aromatic nitrogens is 8. The molecule has 224 valence electrons. The van der Waals surface area contributed by atoms with Gasteiger partial charge in [-0.2, -0.15) is 0 Å². The molecule has 0 radical (unpaired) electrons. The fourth-order valence-electron chi connectivity index (χ4n) is 4.01. The second-order valence-corrected chi connectivity index (χ2v) is 12.0. The molecule has 0 aliphatic heterocycles. The van der Waals surface area contributed by atoms with Crippen molar-refractivity contribution in [3.63, 3.8) is 0 Å². The fourth-order valence-corrected chi connectivity index (χ4v) is 4.01. The molecule has 2 aromatic carbocycles. The molecular formula is C28H38N10O4. The van der Waals surface area contributed by atoms with Crippen LogP contribution < -0.4 is 10.6 Å². The molecule has 0 saturated carbocycles. The summed E-state index contributed by atoms with van der Waals surface area (Å²) >= 11 is 0. The molecule has 0 aliphatic rings. The van der Waals surface area contributed by atoms with E-state index in [2.05, 4.69) is 41.7 Å². The van der Waals surface area contributed by atoms with Gasteiger partial charge < -0.3 is 10.2 Å². The van der Waals surface area contributed by atoms with Crippen molar-refractivity contribution in [1.29, 1.82) is 0 Å². The Morgan fingerprint density at radius 1 is 0.667 bits per heavy atom. The van der Waals surface area contributed by atoms with Crippen LogP contribution in [0.15, 0.2) is 24.3 Å². The molecule has 14 nitrogen and oxygen atoms in total. The molecular weight excluding hydrogens is 540 g/mol. The predicted octanol–water partition coefficient (Wildman–Crippen LogP) is 3.55. The van der Waals surface area contributed by atoms with Crippen molar-refractivity contribution in [2.24, 2.45) is 14.1 Å². The van der Waals surface area contributed by atoms with E-state index in [1.807, 2.05) is 41.5 Å². The first-order valence-corrected chi connectivity index (χ1v) is 13.2. The molecule has 14 heteroatoms. The van der Waals surface area contributed by atoms with Crippen LogP contribution in [0.25, 0.3) is 0 Å². The minimum atomic E-state index is -0.320.